The molecule has 2 heterocycles. The Morgan fingerprint density at radius 3 is 2.48 bits per heavy atom. The zero-order valence-corrected chi connectivity index (χ0v) is 25.6. The molecular weight excluding hydrogens is 599 g/mol. The molecule has 4 aromatic carbocycles. The molecule has 1 amide bonds. The van der Waals surface area contributed by atoms with Crippen LogP contribution >= 0.6 is 23.2 Å². The third-order valence-electron chi connectivity index (χ3n) is 8.10. The number of nitrogens with one attached hydrogen (secondary N) is 2. The van der Waals surface area contributed by atoms with Crippen molar-refractivity contribution in [2.45, 2.75) is 37.0 Å². The number of imidazole rings is 1. The van der Waals surface area contributed by atoms with E-state index < -0.39 is 11.0 Å². The molecule has 0 aliphatic carbocycles. The SMILES string of the molecule is COc1ccc(CN2C(=O)C(Cc3ccccc3Cl)NC(Cl)(c3ccc4[nH]c(=O)n(CCCO)c4c3)c3ccccc32)cc1. The van der Waals surface area contributed by atoms with Gasteiger partial charge in [-0.1, -0.05) is 77.8 Å². The highest BCUT2D eigenvalue weighted by atomic mass is 35.5. The summed E-state index contributed by atoms with van der Waals surface area (Å²) in [5.41, 5.74) is 4.83. The molecule has 226 valence electrons. The highest BCUT2D eigenvalue weighted by Crippen LogP contribution is 2.43. The molecule has 0 radical (unpaired) electrons. The van der Waals surface area contributed by atoms with Gasteiger partial charge in [-0.25, -0.2) is 4.79 Å². The number of alkyl halides is 1. The second-order valence-electron chi connectivity index (χ2n) is 10.8. The van der Waals surface area contributed by atoms with Gasteiger partial charge in [0, 0.05) is 23.7 Å². The van der Waals surface area contributed by atoms with Gasteiger partial charge < -0.3 is 19.7 Å². The molecule has 0 bridgehead atoms. The largest absolute Gasteiger partial charge is 0.497 e. The van der Waals surface area contributed by atoms with Gasteiger partial charge in [-0.05, 0) is 65.9 Å². The molecular formula is C34H32Cl2N4O4. The van der Waals surface area contributed by atoms with E-state index in [4.69, 9.17) is 27.9 Å². The van der Waals surface area contributed by atoms with Gasteiger partial charge in [0.2, 0.25) is 5.91 Å². The van der Waals surface area contributed by atoms with Crippen LogP contribution in [0.15, 0.2) is 95.8 Å². The molecule has 44 heavy (non-hydrogen) atoms. The van der Waals surface area contributed by atoms with E-state index in [0.717, 1.165) is 16.9 Å². The van der Waals surface area contributed by atoms with E-state index in [1.54, 1.807) is 22.6 Å². The molecule has 2 atom stereocenters. The average Bonchev–Trinajstić information content (AvgIpc) is 3.32. The minimum absolute atomic E-state index is 0.0386. The van der Waals surface area contributed by atoms with Gasteiger partial charge in [-0.2, -0.15) is 0 Å². The fourth-order valence-corrected chi connectivity index (χ4v) is 6.46. The lowest BCUT2D eigenvalue weighted by atomic mass is 9.95. The number of aromatic amines is 1. The van der Waals surface area contributed by atoms with Crippen molar-refractivity contribution >= 4 is 45.8 Å². The molecule has 0 fully saturated rings. The van der Waals surface area contributed by atoms with E-state index in [9.17, 15) is 14.7 Å². The Labute approximate surface area is 264 Å². The number of aliphatic hydroxyl groups excluding tert-OH is 1. The Morgan fingerprint density at radius 2 is 1.73 bits per heavy atom. The number of methoxy groups -OCH3 is 1. The van der Waals surface area contributed by atoms with Crippen molar-refractivity contribution in [1.82, 2.24) is 14.9 Å². The Morgan fingerprint density at radius 1 is 0.977 bits per heavy atom. The quantitative estimate of drug-likeness (QED) is 0.146. The minimum Gasteiger partial charge on any atom is -0.497 e. The maximum absolute atomic E-state index is 14.5. The number of aryl methyl sites for hydroxylation is 1. The van der Waals surface area contributed by atoms with Crippen LogP contribution in [0.1, 0.15) is 28.7 Å². The molecule has 0 spiro atoms. The van der Waals surface area contributed by atoms with Gasteiger partial charge in [0.15, 0.2) is 0 Å². The van der Waals surface area contributed by atoms with Crippen LogP contribution in [0.4, 0.5) is 5.69 Å². The second kappa shape index (κ2) is 12.5. The summed E-state index contributed by atoms with van der Waals surface area (Å²) in [6, 6.07) is 27.5. The zero-order valence-electron chi connectivity index (χ0n) is 24.1. The van der Waals surface area contributed by atoms with E-state index >= 15 is 0 Å². The topological polar surface area (TPSA) is 99.6 Å². The molecule has 5 aromatic rings. The molecule has 1 aliphatic heterocycles. The third kappa shape index (κ3) is 5.62. The highest BCUT2D eigenvalue weighted by Gasteiger charge is 2.44. The van der Waals surface area contributed by atoms with Crippen molar-refractivity contribution in [3.63, 3.8) is 0 Å². The van der Waals surface area contributed by atoms with Crippen LogP contribution in [0, 0.1) is 0 Å². The smallest absolute Gasteiger partial charge is 0.326 e. The van der Waals surface area contributed by atoms with E-state index in [0.29, 0.717) is 58.8 Å². The number of anilines is 1. The average molecular weight is 632 g/mol. The molecule has 8 nitrogen and oxygen atoms in total. The number of carbonyl (C=O) groups excluding carboxylic acids is 1. The molecule has 3 N–H and O–H groups in total. The zero-order chi connectivity index (χ0) is 30.8. The van der Waals surface area contributed by atoms with Crippen molar-refractivity contribution in [3.05, 3.63) is 129 Å². The number of fused-ring (bicyclic) bond motifs is 2. The number of halogens is 2. The summed E-state index contributed by atoms with van der Waals surface area (Å²) in [6.45, 7) is 0.620. The predicted molar refractivity (Wildman–Crippen MR) is 174 cm³/mol. The number of rotatable bonds is 9. The highest BCUT2D eigenvalue weighted by molar-refractivity contribution is 6.31. The van der Waals surface area contributed by atoms with E-state index in [1.807, 2.05) is 84.9 Å². The maximum atomic E-state index is 14.5. The number of aromatic nitrogens is 2. The van der Waals surface area contributed by atoms with Crippen LogP contribution in [-0.4, -0.2) is 40.3 Å². The summed E-state index contributed by atoms with van der Waals surface area (Å²) in [4.78, 5) is 30.6. The van der Waals surface area contributed by atoms with E-state index in [1.165, 1.54) is 0 Å². The van der Waals surface area contributed by atoms with Gasteiger partial charge in [0.25, 0.3) is 0 Å². The number of benzene rings is 4. The number of hydrogen-bond donors (Lipinski definition) is 3. The molecule has 6 rings (SSSR count). The normalized spacial score (nSPS) is 18.3. The number of amides is 1. The number of aliphatic hydroxyl groups is 1. The summed E-state index contributed by atoms with van der Waals surface area (Å²) in [6.07, 6.45) is 0.729. The van der Waals surface area contributed by atoms with Gasteiger partial charge in [-0.15, -0.1) is 0 Å². The van der Waals surface area contributed by atoms with Crippen LogP contribution < -0.4 is 20.6 Å². The molecule has 1 aromatic heterocycles. The Kier molecular flexibility index (Phi) is 8.51. The van der Waals surface area contributed by atoms with Crippen LogP contribution in [0.3, 0.4) is 0 Å². The standard InChI is InChI=1S/C34H32Cl2N4O4/c1-44-25-14-11-22(12-15-25)21-40-30-10-5-3-8-26(30)34(36,38-29(32(40)42)19-23-7-2-4-9-27(23)35)24-13-16-28-31(20-24)39(17-6-18-41)33(43)37-28/h2-5,7-16,20,29,38,41H,6,17-19,21H2,1H3,(H,37,43). The lowest BCUT2D eigenvalue weighted by Gasteiger charge is -2.31. The summed E-state index contributed by atoms with van der Waals surface area (Å²) in [5.74, 6) is 0.574. The summed E-state index contributed by atoms with van der Waals surface area (Å²) in [5, 5.41) is 13.5. The predicted octanol–water partition coefficient (Wildman–Crippen LogP) is 5.56. The second-order valence-corrected chi connectivity index (χ2v) is 11.8. The number of H-pyrrole nitrogens is 1. The van der Waals surface area contributed by atoms with Crippen LogP contribution in [0.2, 0.25) is 5.02 Å². The molecule has 1 aliphatic rings. The van der Waals surface area contributed by atoms with Crippen molar-refractivity contribution in [3.8, 4) is 5.75 Å². The first kappa shape index (κ1) is 30.0. The first-order valence-electron chi connectivity index (χ1n) is 14.4. The van der Waals surface area contributed by atoms with E-state index in [2.05, 4.69) is 10.3 Å². The van der Waals surface area contributed by atoms with Gasteiger partial charge >= 0.3 is 5.69 Å². The third-order valence-corrected chi connectivity index (χ3v) is 9.00. The monoisotopic (exact) mass is 630 g/mol. The fraction of sp³-hybridized carbons (Fsp3) is 0.235. The molecule has 10 heteroatoms. The number of para-hydroxylation sites is 1. The number of nitrogens with zero attached hydrogens (tertiary/aromatic N) is 2. The minimum atomic E-state index is -1.35. The number of ether oxygens (including phenoxy) is 1. The van der Waals surface area contributed by atoms with Crippen LogP contribution in [-0.2, 0) is 29.3 Å². The summed E-state index contributed by atoms with van der Waals surface area (Å²) in [7, 11) is 1.62. The molecule has 0 saturated carbocycles. The van der Waals surface area contributed by atoms with Gasteiger partial charge in [0.1, 0.15) is 10.7 Å². The van der Waals surface area contributed by atoms with Crippen LogP contribution in [0.25, 0.3) is 11.0 Å². The van der Waals surface area contributed by atoms with Crippen molar-refractivity contribution < 1.29 is 14.6 Å². The van der Waals surface area contributed by atoms with Gasteiger partial charge in [-0.3, -0.25) is 14.7 Å². The van der Waals surface area contributed by atoms with Gasteiger partial charge in [0.05, 0.1) is 36.4 Å². The number of hydrogen-bond acceptors (Lipinski definition) is 5. The molecule has 2 unspecified atom stereocenters. The maximum Gasteiger partial charge on any atom is 0.326 e. The fourth-order valence-electron chi connectivity index (χ4n) is 5.84. The molecule has 0 saturated heterocycles. The summed E-state index contributed by atoms with van der Waals surface area (Å²) < 4.78 is 6.93. The van der Waals surface area contributed by atoms with Crippen molar-refractivity contribution in [1.29, 1.82) is 0 Å². The summed E-state index contributed by atoms with van der Waals surface area (Å²) >= 11 is 14.3. The number of carbonyl (C=O) groups is 1. The van der Waals surface area contributed by atoms with Crippen molar-refractivity contribution in [2.24, 2.45) is 0 Å². The Hall–Kier alpha value is -4.08. The Bertz CT molecular complexity index is 1870. The first-order chi connectivity index (χ1) is 21.3. The van der Waals surface area contributed by atoms with Crippen molar-refractivity contribution in [2.75, 3.05) is 18.6 Å². The van der Waals surface area contributed by atoms with E-state index in [-0.39, 0.29) is 18.2 Å². The lowest BCUT2D eigenvalue weighted by Crippen LogP contribution is -2.51. The first-order valence-corrected chi connectivity index (χ1v) is 15.2. The Balaban J connectivity index is 1.51. The lowest BCUT2D eigenvalue weighted by molar-refractivity contribution is -0.120. The van der Waals surface area contributed by atoms with Crippen LogP contribution in [0.5, 0.6) is 5.75 Å².